The van der Waals surface area contributed by atoms with Crippen LogP contribution in [0.3, 0.4) is 0 Å². The molecule has 0 bridgehead atoms. The van der Waals surface area contributed by atoms with Gasteiger partial charge in [0.15, 0.2) is 17.0 Å². The van der Waals surface area contributed by atoms with Crippen LogP contribution in [0, 0.1) is 0 Å². The molecule has 8 nitrogen and oxygen atoms in total. The van der Waals surface area contributed by atoms with Crippen molar-refractivity contribution in [3.63, 3.8) is 0 Å². The van der Waals surface area contributed by atoms with Crippen LogP contribution in [0.2, 0.25) is 15.1 Å². The van der Waals surface area contributed by atoms with Crippen molar-refractivity contribution in [1.82, 2.24) is 24.8 Å². The highest BCUT2D eigenvalue weighted by Gasteiger charge is 2.41. The summed E-state index contributed by atoms with van der Waals surface area (Å²) in [5, 5.41) is 14.8. The van der Waals surface area contributed by atoms with E-state index in [1.807, 2.05) is 29.7 Å². The lowest BCUT2D eigenvalue weighted by atomic mass is 9.87. The number of piperidine rings is 1. The summed E-state index contributed by atoms with van der Waals surface area (Å²) in [7, 11) is 0. The van der Waals surface area contributed by atoms with Crippen LogP contribution >= 0.6 is 34.8 Å². The van der Waals surface area contributed by atoms with Crippen LogP contribution in [0.25, 0.3) is 28.2 Å². The molecule has 1 aliphatic heterocycles. The van der Waals surface area contributed by atoms with E-state index in [1.165, 1.54) is 6.33 Å². The van der Waals surface area contributed by atoms with E-state index in [1.54, 1.807) is 24.3 Å². The molecule has 2 aromatic heterocycles. The van der Waals surface area contributed by atoms with Crippen LogP contribution in [-0.4, -0.2) is 55.8 Å². The molecule has 37 heavy (non-hydrogen) atoms. The van der Waals surface area contributed by atoms with E-state index >= 15 is 0 Å². The Kier molecular flexibility index (Phi) is 7.27. The molecule has 0 atom stereocenters. The highest BCUT2D eigenvalue weighted by molar-refractivity contribution is 6.36. The first kappa shape index (κ1) is 25.7. The van der Waals surface area contributed by atoms with E-state index in [9.17, 15) is 9.90 Å². The molecule has 1 fully saturated rings. The van der Waals surface area contributed by atoms with Crippen molar-refractivity contribution >= 4 is 57.8 Å². The highest BCUT2D eigenvalue weighted by atomic mass is 35.5. The number of anilines is 1. The molecule has 2 N–H and O–H groups in total. The van der Waals surface area contributed by atoms with Gasteiger partial charge in [0.2, 0.25) is 0 Å². The number of aromatic nitrogens is 4. The van der Waals surface area contributed by atoms with Crippen LogP contribution < -0.4 is 10.2 Å². The predicted molar refractivity (Wildman–Crippen MR) is 147 cm³/mol. The zero-order valence-corrected chi connectivity index (χ0v) is 22.4. The topological polar surface area (TPSA) is 96.2 Å². The highest BCUT2D eigenvalue weighted by Crippen LogP contribution is 2.37. The van der Waals surface area contributed by atoms with E-state index < -0.39 is 11.5 Å². The zero-order chi connectivity index (χ0) is 26.2. The van der Waals surface area contributed by atoms with Gasteiger partial charge in [0, 0.05) is 34.4 Å². The summed E-state index contributed by atoms with van der Waals surface area (Å²) in [4.78, 5) is 28.3. The molecular weight excluding hydrogens is 535 g/mol. The maximum Gasteiger partial charge on any atom is 0.324 e. The fourth-order valence-corrected chi connectivity index (χ4v) is 5.35. The molecule has 0 saturated carbocycles. The molecule has 0 radical (unpaired) electrons. The molecule has 4 aromatic rings. The van der Waals surface area contributed by atoms with E-state index in [4.69, 9.17) is 39.8 Å². The Morgan fingerprint density at radius 2 is 1.76 bits per heavy atom. The van der Waals surface area contributed by atoms with E-state index in [0.29, 0.717) is 75.9 Å². The van der Waals surface area contributed by atoms with Crippen molar-refractivity contribution in [1.29, 1.82) is 0 Å². The maximum absolute atomic E-state index is 12.1. The number of carbonyl (C=O) groups is 1. The summed E-state index contributed by atoms with van der Waals surface area (Å²) in [5.41, 5.74) is 1.76. The predicted octanol–water partition coefficient (Wildman–Crippen LogP) is 5.87. The van der Waals surface area contributed by atoms with Crippen molar-refractivity contribution in [3.05, 3.63) is 63.9 Å². The van der Waals surface area contributed by atoms with Crippen LogP contribution in [-0.2, 0) is 4.79 Å². The number of aliphatic carboxylic acids is 1. The number of nitrogens with zero attached hydrogens (tertiary/aromatic N) is 5. The quantitative estimate of drug-likeness (QED) is 0.292. The molecule has 1 saturated heterocycles. The lowest BCUT2D eigenvalue weighted by molar-refractivity contribution is -0.145. The Bertz CT molecular complexity index is 1450. The molecule has 2 aromatic carbocycles. The third kappa shape index (κ3) is 4.86. The molecule has 192 valence electrons. The summed E-state index contributed by atoms with van der Waals surface area (Å²) in [6.07, 6.45) is 3.26. The minimum atomic E-state index is -0.941. The number of imidazole rings is 1. The van der Waals surface area contributed by atoms with Crippen LogP contribution in [0.1, 0.15) is 26.2 Å². The third-order valence-electron chi connectivity index (χ3n) is 6.72. The maximum atomic E-state index is 12.1. The van der Waals surface area contributed by atoms with Gasteiger partial charge in [0.25, 0.3) is 0 Å². The second-order valence-corrected chi connectivity index (χ2v) is 10.3. The van der Waals surface area contributed by atoms with Crippen molar-refractivity contribution in [2.75, 3.05) is 24.5 Å². The average Bonchev–Trinajstić information content (AvgIpc) is 3.27. The molecule has 5 rings (SSSR count). The largest absolute Gasteiger partial charge is 0.480 e. The Morgan fingerprint density at radius 3 is 2.41 bits per heavy atom. The number of carboxylic acids is 1. The zero-order valence-electron chi connectivity index (χ0n) is 20.1. The smallest absolute Gasteiger partial charge is 0.324 e. The minimum Gasteiger partial charge on any atom is -0.480 e. The first-order chi connectivity index (χ1) is 17.8. The monoisotopic (exact) mass is 558 g/mol. The molecule has 0 unspecified atom stereocenters. The lowest BCUT2D eigenvalue weighted by Gasteiger charge is -2.40. The van der Waals surface area contributed by atoms with Crippen LogP contribution in [0.4, 0.5) is 5.82 Å². The van der Waals surface area contributed by atoms with Crippen LogP contribution in [0.5, 0.6) is 0 Å². The number of benzene rings is 2. The van der Waals surface area contributed by atoms with E-state index in [2.05, 4.69) is 20.2 Å². The molecule has 0 amide bonds. The van der Waals surface area contributed by atoms with Crippen LogP contribution in [0.15, 0.2) is 48.8 Å². The molecule has 1 aliphatic rings. The summed E-state index contributed by atoms with van der Waals surface area (Å²) in [5.74, 6) is 0.417. The van der Waals surface area contributed by atoms with Gasteiger partial charge in [-0.05, 0) is 68.3 Å². The first-order valence-corrected chi connectivity index (χ1v) is 13.1. The SMILES string of the molecule is CCCNC1(C(=O)O)CCN(c2ncnc3c2nc(-c2ccc(Cl)cc2Cl)n3-c2ccc(Cl)cc2)CC1. The Labute approximate surface area is 229 Å². The number of halogens is 3. The van der Waals surface area contributed by atoms with Gasteiger partial charge in [-0.1, -0.05) is 41.7 Å². The fraction of sp³-hybridized carbons (Fsp3) is 0.308. The summed E-state index contributed by atoms with van der Waals surface area (Å²) < 4.78 is 1.92. The van der Waals surface area contributed by atoms with Gasteiger partial charge in [0.05, 0.1) is 5.02 Å². The van der Waals surface area contributed by atoms with Gasteiger partial charge in [-0.25, -0.2) is 15.0 Å². The Hall–Kier alpha value is -2.91. The standard InChI is InChI=1S/C26H25Cl3N6O2/c1-2-11-32-26(25(36)37)9-12-34(13-10-26)23-21-24(31-15-30-23)35(18-6-3-16(27)4-7-18)22(33-21)19-8-5-17(28)14-20(19)29/h3-8,14-15,32H,2,9-13H2,1H3,(H,36,37). The van der Waals surface area contributed by atoms with Gasteiger partial charge >= 0.3 is 5.97 Å². The number of nitrogens with one attached hydrogen (secondary N) is 1. The van der Waals surface area contributed by atoms with Gasteiger partial charge in [-0.3, -0.25) is 9.36 Å². The Balaban J connectivity index is 1.61. The molecule has 11 heteroatoms. The number of carboxylic acid groups (broad SMARTS) is 1. The summed E-state index contributed by atoms with van der Waals surface area (Å²) >= 11 is 18.9. The number of rotatable bonds is 7. The summed E-state index contributed by atoms with van der Waals surface area (Å²) in [6, 6.07) is 12.7. The number of hydrogen-bond donors (Lipinski definition) is 2. The molecule has 0 spiro atoms. The second-order valence-electron chi connectivity index (χ2n) is 9.04. The van der Waals surface area contributed by atoms with Gasteiger partial charge in [0.1, 0.15) is 17.7 Å². The van der Waals surface area contributed by atoms with E-state index in [0.717, 1.165) is 12.1 Å². The molecule has 0 aliphatic carbocycles. The minimum absolute atomic E-state index is 0.446. The number of fused-ring (bicyclic) bond motifs is 1. The van der Waals surface area contributed by atoms with Crippen molar-refractivity contribution < 1.29 is 9.90 Å². The molecule has 3 heterocycles. The van der Waals surface area contributed by atoms with Crippen molar-refractivity contribution in [3.8, 4) is 17.1 Å². The number of hydrogen-bond acceptors (Lipinski definition) is 6. The summed E-state index contributed by atoms with van der Waals surface area (Å²) in [6.45, 7) is 3.71. The molecular formula is C26H25Cl3N6O2. The normalized spacial score (nSPS) is 15.3. The van der Waals surface area contributed by atoms with Gasteiger partial charge in [-0.15, -0.1) is 0 Å². The first-order valence-electron chi connectivity index (χ1n) is 12.0. The second kappa shape index (κ2) is 10.5. The average molecular weight is 560 g/mol. The van der Waals surface area contributed by atoms with Crippen molar-refractivity contribution in [2.45, 2.75) is 31.7 Å². The van der Waals surface area contributed by atoms with E-state index in [-0.39, 0.29) is 0 Å². The lowest BCUT2D eigenvalue weighted by Crippen LogP contribution is -2.58. The van der Waals surface area contributed by atoms with Crippen molar-refractivity contribution in [2.24, 2.45) is 0 Å². The third-order valence-corrected chi connectivity index (χ3v) is 7.52. The Morgan fingerprint density at radius 1 is 1.05 bits per heavy atom. The van der Waals surface area contributed by atoms with Gasteiger partial charge < -0.3 is 15.3 Å². The van der Waals surface area contributed by atoms with Gasteiger partial charge in [-0.2, -0.15) is 0 Å². The fourth-order valence-electron chi connectivity index (χ4n) is 4.73.